The summed E-state index contributed by atoms with van der Waals surface area (Å²) in [6, 6.07) is 9.59. The molecule has 3 nitrogen and oxygen atoms in total. The first-order chi connectivity index (χ1) is 10.3. The van der Waals surface area contributed by atoms with Gasteiger partial charge in [-0.05, 0) is 74.2 Å². The molecule has 0 atom stereocenters. The molecule has 0 heterocycles. The number of aryl methyl sites for hydroxylation is 4. The van der Waals surface area contributed by atoms with Crippen LogP contribution in [0, 0.1) is 27.7 Å². The van der Waals surface area contributed by atoms with Crippen molar-refractivity contribution < 1.29 is 9.53 Å². The number of nitrogens with one attached hydrogen (secondary N) is 1. The van der Waals surface area contributed by atoms with Crippen LogP contribution in [0.4, 0.5) is 5.69 Å². The topological polar surface area (TPSA) is 38.3 Å². The van der Waals surface area contributed by atoms with Crippen molar-refractivity contribution in [2.45, 2.75) is 27.7 Å². The molecule has 116 valence electrons. The molecule has 0 aliphatic heterocycles. The fraction of sp³-hybridized carbons (Fsp3) is 0.278. The van der Waals surface area contributed by atoms with Crippen molar-refractivity contribution in [2.75, 3.05) is 11.9 Å². The zero-order valence-electron chi connectivity index (χ0n) is 13.3. The van der Waals surface area contributed by atoms with Gasteiger partial charge in [-0.3, -0.25) is 4.79 Å². The number of carbonyl (C=O) groups is 1. The number of amides is 1. The first-order valence-electron chi connectivity index (χ1n) is 7.13. The molecule has 2 aromatic rings. The van der Waals surface area contributed by atoms with Gasteiger partial charge in [0.05, 0.1) is 0 Å². The van der Waals surface area contributed by atoms with Crippen molar-refractivity contribution in [3.8, 4) is 5.75 Å². The molecule has 4 heteroatoms. The molecular weight excluding hydrogens is 298 g/mol. The second-order valence-corrected chi connectivity index (χ2v) is 5.96. The quantitative estimate of drug-likeness (QED) is 0.895. The molecule has 2 aromatic carbocycles. The largest absolute Gasteiger partial charge is 0.484 e. The summed E-state index contributed by atoms with van der Waals surface area (Å²) >= 11 is 6.11. The van der Waals surface area contributed by atoms with Gasteiger partial charge in [-0.1, -0.05) is 17.7 Å². The third kappa shape index (κ3) is 4.25. The van der Waals surface area contributed by atoms with E-state index in [-0.39, 0.29) is 12.5 Å². The lowest BCUT2D eigenvalue weighted by Crippen LogP contribution is -2.20. The molecular formula is C18H20ClNO2. The van der Waals surface area contributed by atoms with Crippen LogP contribution in [-0.4, -0.2) is 12.5 Å². The average molecular weight is 318 g/mol. The van der Waals surface area contributed by atoms with E-state index in [0.29, 0.717) is 5.75 Å². The van der Waals surface area contributed by atoms with Gasteiger partial charge in [0.25, 0.3) is 5.91 Å². The Hall–Kier alpha value is -2.00. The molecule has 0 fully saturated rings. The number of rotatable bonds is 4. The van der Waals surface area contributed by atoms with Gasteiger partial charge in [0.2, 0.25) is 0 Å². The van der Waals surface area contributed by atoms with Crippen molar-refractivity contribution in [1.82, 2.24) is 0 Å². The van der Waals surface area contributed by atoms with Gasteiger partial charge in [0.1, 0.15) is 5.75 Å². The molecule has 0 aromatic heterocycles. The molecule has 0 saturated carbocycles. The fourth-order valence-electron chi connectivity index (χ4n) is 2.38. The van der Waals surface area contributed by atoms with Crippen LogP contribution in [0.5, 0.6) is 5.75 Å². The van der Waals surface area contributed by atoms with E-state index < -0.39 is 0 Å². The van der Waals surface area contributed by atoms with Gasteiger partial charge in [0, 0.05) is 10.7 Å². The number of halogens is 1. The Bertz CT molecular complexity index is 667. The van der Waals surface area contributed by atoms with Crippen LogP contribution in [0.15, 0.2) is 30.3 Å². The first-order valence-corrected chi connectivity index (χ1v) is 7.50. The molecule has 0 bridgehead atoms. The average Bonchev–Trinajstić information content (AvgIpc) is 2.41. The number of benzene rings is 2. The van der Waals surface area contributed by atoms with E-state index in [1.807, 2.05) is 52.0 Å². The highest BCUT2D eigenvalue weighted by Crippen LogP contribution is 2.25. The van der Waals surface area contributed by atoms with E-state index in [4.69, 9.17) is 16.3 Å². The molecule has 0 saturated heterocycles. The van der Waals surface area contributed by atoms with E-state index in [0.717, 1.165) is 33.0 Å². The van der Waals surface area contributed by atoms with Gasteiger partial charge in [-0.25, -0.2) is 0 Å². The Kier molecular flexibility index (Phi) is 5.09. The summed E-state index contributed by atoms with van der Waals surface area (Å²) in [5.74, 6) is 0.463. The van der Waals surface area contributed by atoms with E-state index in [9.17, 15) is 4.79 Å². The maximum Gasteiger partial charge on any atom is 0.262 e. The maximum absolute atomic E-state index is 12.0. The molecule has 0 radical (unpaired) electrons. The normalized spacial score (nSPS) is 10.4. The number of carbonyl (C=O) groups excluding carboxylic acids is 1. The van der Waals surface area contributed by atoms with Crippen LogP contribution in [0.3, 0.4) is 0 Å². The number of ether oxygens (including phenoxy) is 1. The van der Waals surface area contributed by atoms with E-state index >= 15 is 0 Å². The van der Waals surface area contributed by atoms with Gasteiger partial charge in [0.15, 0.2) is 6.61 Å². The maximum atomic E-state index is 12.0. The third-order valence-electron chi connectivity index (χ3n) is 3.29. The summed E-state index contributed by atoms with van der Waals surface area (Å²) in [6.45, 7) is 7.79. The lowest BCUT2D eigenvalue weighted by atomic mass is 10.1. The molecule has 0 spiro atoms. The first kappa shape index (κ1) is 16.4. The van der Waals surface area contributed by atoms with Crippen LogP contribution >= 0.6 is 11.6 Å². The lowest BCUT2D eigenvalue weighted by molar-refractivity contribution is -0.118. The molecule has 22 heavy (non-hydrogen) atoms. The Morgan fingerprint density at radius 1 is 1.00 bits per heavy atom. The Morgan fingerprint density at radius 3 is 2.09 bits per heavy atom. The van der Waals surface area contributed by atoms with Crippen LogP contribution in [-0.2, 0) is 4.79 Å². The molecule has 1 N–H and O–H groups in total. The predicted octanol–water partition coefficient (Wildman–Crippen LogP) is 4.59. The minimum atomic E-state index is -0.185. The van der Waals surface area contributed by atoms with Gasteiger partial charge >= 0.3 is 0 Å². The van der Waals surface area contributed by atoms with E-state index in [1.165, 1.54) is 0 Å². The van der Waals surface area contributed by atoms with E-state index in [1.54, 1.807) is 0 Å². The number of hydrogen-bond donors (Lipinski definition) is 1. The summed E-state index contributed by atoms with van der Waals surface area (Å²) in [6.07, 6.45) is 0. The monoisotopic (exact) mass is 317 g/mol. The number of hydrogen-bond acceptors (Lipinski definition) is 2. The Morgan fingerprint density at radius 2 is 1.55 bits per heavy atom. The summed E-state index contributed by atoms with van der Waals surface area (Å²) < 4.78 is 5.55. The Balaban J connectivity index is 1.98. The number of anilines is 1. The third-order valence-corrected chi connectivity index (χ3v) is 3.88. The second-order valence-electron chi connectivity index (χ2n) is 5.58. The van der Waals surface area contributed by atoms with Gasteiger partial charge < -0.3 is 10.1 Å². The molecule has 1 amide bonds. The highest BCUT2D eigenvalue weighted by atomic mass is 35.5. The molecule has 0 aliphatic carbocycles. The molecule has 0 aliphatic rings. The van der Waals surface area contributed by atoms with Gasteiger partial charge in [-0.2, -0.15) is 0 Å². The van der Waals surface area contributed by atoms with Crippen molar-refractivity contribution in [2.24, 2.45) is 0 Å². The van der Waals surface area contributed by atoms with Crippen molar-refractivity contribution in [3.05, 3.63) is 57.6 Å². The van der Waals surface area contributed by atoms with Gasteiger partial charge in [-0.15, -0.1) is 0 Å². The summed E-state index contributed by atoms with van der Waals surface area (Å²) in [4.78, 5) is 12.0. The zero-order valence-corrected chi connectivity index (χ0v) is 14.0. The van der Waals surface area contributed by atoms with Crippen LogP contribution in [0.1, 0.15) is 22.3 Å². The van der Waals surface area contributed by atoms with Crippen LogP contribution in [0.25, 0.3) is 0 Å². The standard InChI is InChI=1S/C18H20ClNO2/c1-11-5-12(2)7-15(6-11)20-17(21)10-22-16-8-13(3)18(19)14(4)9-16/h5-9H,10H2,1-4H3,(H,20,21). The minimum absolute atomic E-state index is 0.0342. The van der Waals surface area contributed by atoms with Crippen molar-refractivity contribution >= 4 is 23.2 Å². The second kappa shape index (κ2) is 6.84. The highest BCUT2D eigenvalue weighted by molar-refractivity contribution is 6.32. The summed E-state index contributed by atoms with van der Waals surface area (Å²) in [7, 11) is 0. The molecule has 2 rings (SSSR count). The zero-order chi connectivity index (χ0) is 16.3. The van der Waals surface area contributed by atoms with Crippen molar-refractivity contribution in [1.29, 1.82) is 0 Å². The summed E-state index contributed by atoms with van der Waals surface area (Å²) in [5.41, 5.74) is 4.88. The van der Waals surface area contributed by atoms with Crippen LogP contribution in [0.2, 0.25) is 5.02 Å². The van der Waals surface area contributed by atoms with Crippen molar-refractivity contribution in [3.63, 3.8) is 0 Å². The fourth-order valence-corrected chi connectivity index (χ4v) is 2.49. The van der Waals surface area contributed by atoms with Crippen LogP contribution < -0.4 is 10.1 Å². The summed E-state index contributed by atoms with van der Waals surface area (Å²) in [5, 5.41) is 3.57. The smallest absolute Gasteiger partial charge is 0.262 e. The lowest BCUT2D eigenvalue weighted by Gasteiger charge is -2.11. The SMILES string of the molecule is Cc1cc(C)cc(NC(=O)COc2cc(C)c(Cl)c(C)c2)c1. The molecule has 0 unspecified atom stereocenters. The highest BCUT2D eigenvalue weighted by Gasteiger charge is 2.07. The predicted molar refractivity (Wildman–Crippen MR) is 91.0 cm³/mol. The minimum Gasteiger partial charge on any atom is -0.484 e. The van der Waals surface area contributed by atoms with E-state index in [2.05, 4.69) is 11.4 Å². The Labute approximate surface area is 136 Å².